The Morgan fingerprint density at radius 1 is 1.45 bits per heavy atom. The third-order valence-electron chi connectivity index (χ3n) is 3.11. The molecule has 3 N–H and O–H groups in total. The van der Waals surface area contributed by atoms with Gasteiger partial charge < -0.3 is 25.3 Å². The summed E-state index contributed by atoms with van der Waals surface area (Å²) in [6, 6.07) is 5.69. The van der Waals surface area contributed by atoms with Gasteiger partial charge >= 0.3 is 12.0 Å². The second-order valence-electron chi connectivity index (χ2n) is 5.45. The van der Waals surface area contributed by atoms with E-state index in [0.29, 0.717) is 24.3 Å². The van der Waals surface area contributed by atoms with E-state index in [0.717, 1.165) is 0 Å². The highest BCUT2D eigenvalue weighted by atomic mass is 16.7. The standard InChI is InChI=1S/C15H20N2O5/c1-15(2)21-9-12(22-15)6-7-20-13(18)10-4-3-5-11(8-10)17-14(16)19/h3-5,8,12H,6-7,9H2,1-2H3,(H3,16,17,19)/t12-/m0/s1. The summed E-state index contributed by atoms with van der Waals surface area (Å²) >= 11 is 0. The van der Waals surface area contributed by atoms with Crippen LogP contribution in [0.2, 0.25) is 0 Å². The van der Waals surface area contributed by atoms with Gasteiger partial charge in [-0.25, -0.2) is 9.59 Å². The van der Waals surface area contributed by atoms with E-state index in [2.05, 4.69) is 5.32 Å². The molecule has 1 aliphatic rings. The normalized spacial score (nSPS) is 19.6. The van der Waals surface area contributed by atoms with Crippen molar-refractivity contribution in [3.8, 4) is 0 Å². The maximum Gasteiger partial charge on any atom is 0.338 e. The van der Waals surface area contributed by atoms with Crippen LogP contribution in [-0.4, -0.2) is 37.1 Å². The monoisotopic (exact) mass is 308 g/mol. The highest BCUT2D eigenvalue weighted by Gasteiger charge is 2.32. The van der Waals surface area contributed by atoms with Crippen molar-refractivity contribution in [2.24, 2.45) is 5.73 Å². The minimum absolute atomic E-state index is 0.0781. The molecule has 2 rings (SSSR count). The quantitative estimate of drug-likeness (QED) is 0.809. The summed E-state index contributed by atoms with van der Waals surface area (Å²) in [4.78, 5) is 22.7. The summed E-state index contributed by atoms with van der Waals surface area (Å²) in [7, 11) is 0. The van der Waals surface area contributed by atoms with Crippen molar-refractivity contribution in [2.75, 3.05) is 18.5 Å². The highest BCUT2D eigenvalue weighted by molar-refractivity contribution is 5.93. The van der Waals surface area contributed by atoms with Gasteiger partial charge in [0.2, 0.25) is 0 Å². The summed E-state index contributed by atoms with van der Waals surface area (Å²) < 4.78 is 16.3. The lowest BCUT2D eigenvalue weighted by molar-refractivity contribution is -0.139. The van der Waals surface area contributed by atoms with Gasteiger partial charge in [-0.1, -0.05) is 6.07 Å². The Morgan fingerprint density at radius 3 is 2.86 bits per heavy atom. The summed E-state index contributed by atoms with van der Waals surface area (Å²) in [6.45, 7) is 4.41. The fraction of sp³-hybridized carbons (Fsp3) is 0.467. The Labute approximate surface area is 128 Å². The Bertz CT molecular complexity index is 559. The van der Waals surface area contributed by atoms with Gasteiger partial charge in [-0.2, -0.15) is 0 Å². The van der Waals surface area contributed by atoms with Crippen molar-refractivity contribution >= 4 is 17.7 Å². The van der Waals surface area contributed by atoms with Crippen LogP contribution >= 0.6 is 0 Å². The molecule has 0 radical (unpaired) electrons. The van der Waals surface area contributed by atoms with E-state index < -0.39 is 17.8 Å². The van der Waals surface area contributed by atoms with Crippen molar-refractivity contribution in [1.29, 1.82) is 0 Å². The van der Waals surface area contributed by atoms with Crippen molar-refractivity contribution in [2.45, 2.75) is 32.2 Å². The zero-order chi connectivity index (χ0) is 16.2. The van der Waals surface area contributed by atoms with Crippen molar-refractivity contribution in [1.82, 2.24) is 0 Å². The summed E-state index contributed by atoms with van der Waals surface area (Å²) in [5, 5.41) is 2.40. The van der Waals surface area contributed by atoms with E-state index in [9.17, 15) is 9.59 Å². The molecular formula is C15H20N2O5. The number of ether oxygens (including phenoxy) is 3. The number of benzene rings is 1. The number of nitrogens with one attached hydrogen (secondary N) is 1. The topological polar surface area (TPSA) is 99.9 Å². The lowest BCUT2D eigenvalue weighted by Crippen LogP contribution is -2.22. The number of carbonyl (C=O) groups excluding carboxylic acids is 2. The highest BCUT2D eigenvalue weighted by Crippen LogP contribution is 2.24. The molecule has 1 saturated heterocycles. The minimum atomic E-state index is -0.688. The number of urea groups is 1. The average molecular weight is 308 g/mol. The molecule has 2 amide bonds. The number of anilines is 1. The van der Waals surface area contributed by atoms with Crippen molar-refractivity contribution in [3.05, 3.63) is 29.8 Å². The third-order valence-corrected chi connectivity index (χ3v) is 3.11. The Morgan fingerprint density at radius 2 is 2.23 bits per heavy atom. The molecule has 0 bridgehead atoms. The first kappa shape index (κ1) is 16.3. The predicted octanol–water partition coefficient (Wildman–Crippen LogP) is 1.88. The maximum absolute atomic E-state index is 11.9. The molecule has 0 unspecified atom stereocenters. The number of hydrogen-bond acceptors (Lipinski definition) is 5. The summed E-state index contributed by atoms with van der Waals surface area (Å²) in [5.74, 6) is -1.05. The van der Waals surface area contributed by atoms with Crippen LogP contribution in [0.4, 0.5) is 10.5 Å². The van der Waals surface area contributed by atoms with Crippen LogP contribution < -0.4 is 11.1 Å². The second-order valence-corrected chi connectivity index (χ2v) is 5.45. The summed E-state index contributed by atoms with van der Waals surface area (Å²) in [5.41, 5.74) is 5.81. The number of primary amides is 1. The molecular weight excluding hydrogens is 288 g/mol. The fourth-order valence-electron chi connectivity index (χ4n) is 2.14. The zero-order valence-electron chi connectivity index (χ0n) is 12.6. The van der Waals surface area contributed by atoms with Gasteiger partial charge in [-0.3, -0.25) is 0 Å². The van der Waals surface area contributed by atoms with E-state index in [1.54, 1.807) is 18.2 Å². The lowest BCUT2D eigenvalue weighted by Gasteiger charge is -2.17. The van der Waals surface area contributed by atoms with Crippen LogP contribution in [0.3, 0.4) is 0 Å². The molecule has 0 aliphatic carbocycles. The van der Waals surface area contributed by atoms with Gasteiger partial charge in [0, 0.05) is 12.1 Å². The van der Waals surface area contributed by atoms with E-state index in [4.69, 9.17) is 19.9 Å². The van der Waals surface area contributed by atoms with Gasteiger partial charge in [-0.15, -0.1) is 0 Å². The molecule has 1 fully saturated rings. The van der Waals surface area contributed by atoms with E-state index in [1.165, 1.54) is 6.07 Å². The van der Waals surface area contributed by atoms with Crippen LogP contribution in [0, 0.1) is 0 Å². The van der Waals surface area contributed by atoms with Crippen molar-refractivity contribution in [3.63, 3.8) is 0 Å². The molecule has 7 nitrogen and oxygen atoms in total. The largest absolute Gasteiger partial charge is 0.462 e. The maximum atomic E-state index is 11.9. The number of hydrogen-bond donors (Lipinski definition) is 2. The Kier molecular flexibility index (Phi) is 4.99. The fourth-order valence-corrected chi connectivity index (χ4v) is 2.14. The van der Waals surface area contributed by atoms with Crippen LogP contribution in [0.1, 0.15) is 30.6 Å². The molecule has 0 aromatic heterocycles. The van der Waals surface area contributed by atoms with E-state index in [1.807, 2.05) is 13.8 Å². The lowest BCUT2D eigenvalue weighted by atomic mass is 10.2. The SMILES string of the molecule is CC1(C)OC[C@H](CCOC(=O)c2cccc(NC(N)=O)c2)O1. The third kappa shape index (κ3) is 4.71. The van der Waals surface area contributed by atoms with Gasteiger partial charge in [0.15, 0.2) is 5.79 Å². The molecule has 1 aromatic carbocycles. The Balaban J connectivity index is 1.81. The molecule has 1 aliphatic heterocycles. The van der Waals surface area contributed by atoms with Crippen molar-refractivity contribution < 1.29 is 23.8 Å². The molecule has 7 heteroatoms. The number of carbonyl (C=O) groups is 2. The molecule has 0 spiro atoms. The first-order chi connectivity index (χ1) is 10.4. The van der Waals surface area contributed by atoms with Crippen LogP contribution in [0.25, 0.3) is 0 Å². The molecule has 0 saturated carbocycles. The molecule has 1 heterocycles. The molecule has 120 valence electrons. The van der Waals surface area contributed by atoms with Crippen LogP contribution in [0.15, 0.2) is 24.3 Å². The van der Waals surface area contributed by atoms with Gasteiger partial charge in [0.05, 0.1) is 24.9 Å². The average Bonchev–Trinajstić information content (AvgIpc) is 2.77. The van der Waals surface area contributed by atoms with Gasteiger partial charge in [0.1, 0.15) is 0 Å². The first-order valence-corrected chi connectivity index (χ1v) is 7.01. The smallest absolute Gasteiger partial charge is 0.338 e. The van der Waals surface area contributed by atoms with Gasteiger partial charge in [0.25, 0.3) is 0 Å². The van der Waals surface area contributed by atoms with E-state index >= 15 is 0 Å². The van der Waals surface area contributed by atoms with Crippen LogP contribution in [-0.2, 0) is 14.2 Å². The number of amides is 2. The molecule has 1 atom stereocenters. The van der Waals surface area contributed by atoms with Crippen LogP contribution in [0.5, 0.6) is 0 Å². The zero-order valence-corrected chi connectivity index (χ0v) is 12.6. The number of nitrogens with two attached hydrogens (primary N) is 1. The van der Waals surface area contributed by atoms with E-state index in [-0.39, 0.29) is 12.7 Å². The predicted molar refractivity (Wildman–Crippen MR) is 79.5 cm³/mol. The second kappa shape index (κ2) is 6.76. The Hall–Kier alpha value is -2.12. The van der Waals surface area contributed by atoms with Gasteiger partial charge in [-0.05, 0) is 32.0 Å². The number of rotatable bonds is 5. The molecule has 1 aromatic rings. The first-order valence-electron chi connectivity index (χ1n) is 7.01. The molecule has 22 heavy (non-hydrogen) atoms. The summed E-state index contributed by atoms with van der Waals surface area (Å²) in [6.07, 6.45) is 0.486. The minimum Gasteiger partial charge on any atom is -0.462 e. The number of esters is 1.